The van der Waals surface area contributed by atoms with Crippen molar-refractivity contribution in [2.45, 2.75) is 63.7 Å². The lowest BCUT2D eigenvalue weighted by atomic mass is 9.96. The van der Waals surface area contributed by atoms with Crippen LogP contribution in [0.1, 0.15) is 50.4 Å². The van der Waals surface area contributed by atoms with Gasteiger partial charge in [-0.3, -0.25) is 9.88 Å². The van der Waals surface area contributed by atoms with E-state index in [1.54, 1.807) is 11.3 Å². The Morgan fingerprint density at radius 1 is 1.44 bits per heavy atom. The molecule has 0 aromatic carbocycles. The van der Waals surface area contributed by atoms with E-state index in [2.05, 4.69) is 29.0 Å². The minimum Gasteiger partial charge on any atom is -0.311 e. The Hall–Kier alpha value is -0.450. The molecule has 3 rings (SSSR count). The first-order valence-electron chi connectivity index (χ1n) is 7.18. The van der Waals surface area contributed by atoms with Crippen LogP contribution in [-0.4, -0.2) is 34.6 Å². The molecule has 100 valence electrons. The van der Waals surface area contributed by atoms with Crippen LogP contribution < -0.4 is 5.32 Å². The molecule has 2 bridgehead atoms. The molecule has 18 heavy (non-hydrogen) atoms. The second kappa shape index (κ2) is 5.27. The molecule has 3 heterocycles. The predicted molar refractivity (Wildman–Crippen MR) is 75.9 cm³/mol. The van der Waals surface area contributed by atoms with Gasteiger partial charge in [0, 0.05) is 35.2 Å². The lowest BCUT2D eigenvalue weighted by Gasteiger charge is -2.40. The van der Waals surface area contributed by atoms with Gasteiger partial charge < -0.3 is 5.32 Å². The van der Waals surface area contributed by atoms with Crippen molar-refractivity contribution in [2.24, 2.45) is 0 Å². The molecule has 2 fully saturated rings. The van der Waals surface area contributed by atoms with E-state index < -0.39 is 0 Å². The Balaban J connectivity index is 1.72. The number of fused-ring (bicyclic) bond motifs is 2. The molecule has 2 saturated heterocycles. The van der Waals surface area contributed by atoms with Gasteiger partial charge in [0.05, 0.1) is 5.51 Å². The molecule has 1 aromatic heterocycles. The molecule has 0 aliphatic carbocycles. The van der Waals surface area contributed by atoms with Gasteiger partial charge in [0.2, 0.25) is 0 Å². The molecule has 1 aromatic rings. The zero-order chi connectivity index (χ0) is 12.5. The van der Waals surface area contributed by atoms with Gasteiger partial charge in [-0.25, -0.2) is 0 Å². The summed E-state index contributed by atoms with van der Waals surface area (Å²) in [6.07, 6.45) is 7.45. The highest BCUT2D eigenvalue weighted by Crippen LogP contribution is 2.34. The maximum absolute atomic E-state index is 4.23. The van der Waals surface area contributed by atoms with E-state index in [0.29, 0.717) is 6.04 Å². The predicted octanol–water partition coefficient (Wildman–Crippen LogP) is 2.81. The molecule has 0 amide bonds. The summed E-state index contributed by atoms with van der Waals surface area (Å²) in [5, 5.41) is 3.74. The topological polar surface area (TPSA) is 28.2 Å². The molecule has 0 saturated carbocycles. The van der Waals surface area contributed by atoms with Gasteiger partial charge in [0.25, 0.3) is 0 Å². The molecule has 4 heteroatoms. The van der Waals surface area contributed by atoms with Crippen molar-refractivity contribution in [1.82, 2.24) is 15.2 Å². The zero-order valence-corrected chi connectivity index (χ0v) is 12.1. The first-order chi connectivity index (χ1) is 8.78. The Morgan fingerprint density at radius 3 is 2.72 bits per heavy atom. The summed E-state index contributed by atoms with van der Waals surface area (Å²) in [7, 11) is 0. The fourth-order valence-electron chi connectivity index (χ4n) is 3.74. The molecule has 2 aliphatic heterocycles. The SMILES string of the molecule is CCN(C1CC2CCC(C1)N2)C(C)c1cncs1. The quantitative estimate of drug-likeness (QED) is 0.907. The number of aromatic nitrogens is 1. The summed E-state index contributed by atoms with van der Waals surface area (Å²) < 4.78 is 0. The molecule has 2 aliphatic rings. The van der Waals surface area contributed by atoms with Gasteiger partial charge in [-0.2, -0.15) is 0 Å². The summed E-state index contributed by atoms with van der Waals surface area (Å²) >= 11 is 1.79. The molecule has 0 radical (unpaired) electrons. The molecule has 3 atom stereocenters. The average molecular weight is 265 g/mol. The number of piperidine rings is 1. The van der Waals surface area contributed by atoms with Crippen LogP contribution in [0.5, 0.6) is 0 Å². The lowest BCUT2D eigenvalue weighted by molar-refractivity contribution is 0.109. The van der Waals surface area contributed by atoms with E-state index in [0.717, 1.165) is 24.7 Å². The summed E-state index contributed by atoms with van der Waals surface area (Å²) in [5.74, 6) is 0. The Bertz CT molecular complexity index is 366. The van der Waals surface area contributed by atoms with Crippen molar-refractivity contribution in [3.05, 3.63) is 16.6 Å². The van der Waals surface area contributed by atoms with Gasteiger partial charge >= 0.3 is 0 Å². The molecule has 3 unspecified atom stereocenters. The highest BCUT2D eigenvalue weighted by molar-refractivity contribution is 7.09. The van der Waals surface area contributed by atoms with Crippen LogP contribution in [0.3, 0.4) is 0 Å². The van der Waals surface area contributed by atoms with E-state index >= 15 is 0 Å². The number of thiazole rings is 1. The largest absolute Gasteiger partial charge is 0.311 e. The van der Waals surface area contributed by atoms with Crippen molar-refractivity contribution < 1.29 is 0 Å². The zero-order valence-electron chi connectivity index (χ0n) is 11.3. The van der Waals surface area contributed by atoms with Gasteiger partial charge in [-0.15, -0.1) is 11.3 Å². The van der Waals surface area contributed by atoms with Crippen LogP contribution in [0.25, 0.3) is 0 Å². The Kier molecular flexibility index (Phi) is 3.68. The van der Waals surface area contributed by atoms with Crippen LogP contribution in [0, 0.1) is 0 Å². The minimum absolute atomic E-state index is 0.519. The van der Waals surface area contributed by atoms with Crippen molar-refractivity contribution in [2.75, 3.05) is 6.54 Å². The Labute approximate surface area is 114 Å². The molecule has 1 N–H and O–H groups in total. The molecular formula is C14H23N3S. The van der Waals surface area contributed by atoms with Gasteiger partial charge in [0.15, 0.2) is 0 Å². The third-order valence-corrected chi connectivity index (χ3v) is 5.59. The van der Waals surface area contributed by atoms with Crippen LogP contribution in [-0.2, 0) is 0 Å². The van der Waals surface area contributed by atoms with E-state index in [1.807, 2.05) is 11.7 Å². The fourth-order valence-corrected chi connectivity index (χ4v) is 4.44. The van der Waals surface area contributed by atoms with E-state index in [4.69, 9.17) is 0 Å². The van der Waals surface area contributed by atoms with Crippen molar-refractivity contribution in [3.8, 4) is 0 Å². The number of nitrogens with one attached hydrogen (secondary N) is 1. The third-order valence-electron chi connectivity index (χ3n) is 4.64. The van der Waals surface area contributed by atoms with Crippen molar-refractivity contribution >= 4 is 11.3 Å². The van der Waals surface area contributed by atoms with Crippen molar-refractivity contribution in [1.29, 1.82) is 0 Å². The van der Waals surface area contributed by atoms with Crippen LogP contribution in [0.4, 0.5) is 0 Å². The normalized spacial score (nSPS) is 32.9. The highest BCUT2D eigenvalue weighted by Gasteiger charge is 2.37. The summed E-state index contributed by atoms with van der Waals surface area (Å²) in [5.41, 5.74) is 1.95. The van der Waals surface area contributed by atoms with Gasteiger partial charge in [-0.1, -0.05) is 6.92 Å². The molecule has 3 nitrogen and oxygen atoms in total. The first-order valence-corrected chi connectivity index (χ1v) is 8.06. The monoisotopic (exact) mass is 265 g/mol. The summed E-state index contributed by atoms with van der Waals surface area (Å²) in [4.78, 5) is 8.31. The smallest absolute Gasteiger partial charge is 0.0794 e. The number of rotatable bonds is 4. The minimum atomic E-state index is 0.519. The van der Waals surface area contributed by atoms with Gasteiger partial charge in [0.1, 0.15) is 0 Å². The molecule has 0 spiro atoms. The van der Waals surface area contributed by atoms with Crippen LogP contribution in [0.15, 0.2) is 11.7 Å². The third kappa shape index (κ3) is 2.33. The Morgan fingerprint density at radius 2 is 2.17 bits per heavy atom. The van der Waals surface area contributed by atoms with Gasteiger partial charge in [-0.05, 0) is 39.2 Å². The van der Waals surface area contributed by atoms with Crippen LogP contribution >= 0.6 is 11.3 Å². The van der Waals surface area contributed by atoms with E-state index in [1.165, 1.54) is 30.6 Å². The maximum atomic E-state index is 4.23. The lowest BCUT2D eigenvalue weighted by Crippen LogP contribution is -2.48. The second-order valence-electron chi connectivity index (χ2n) is 5.67. The fraction of sp³-hybridized carbons (Fsp3) is 0.786. The van der Waals surface area contributed by atoms with E-state index in [-0.39, 0.29) is 0 Å². The summed E-state index contributed by atoms with van der Waals surface area (Å²) in [6, 6.07) is 2.82. The standard InChI is InChI=1S/C14H23N3S/c1-3-17(10(2)14-8-15-9-18-14)13-6-11-4-5-12(7-13)16-11/h8-13,16H,3-7H2,1-2H3. The van der Waals surface area contributed by atoms with Crippen LogP contribution in [0.2, 0.25) is 0 Å². The number of hydrogen-bond donors (Lipinski definition) is 1. The first kappa shape index (κ1) is 12.6. The van der Waals surface area contributed by atoms with E-state index in [9.17, 15) is 0 Å². The maximum Gasteiger partial charge on any atom is 0.0794 e. The number of nitrogens with zero attached hydrogens (tertiary/aromatic N) is 2. The highest BCUT2D eigenvalue weighted by atomic mass is 32.1. The second-order valence-corrected chi connectivity index (χ2v) is 6.59. The average Bonchev–Trinajstić information content (AvgIpc) is 3.00. The summed E-state index contributed by atoms with van der Waals surface area (Å²) in [6.45, 7) is 5.77. The number of hydrogen-bond acceptors (Lipinski definition) is 4. The molecular weight excluding hydrogens is 242 g/mol. The van der Waals surface area contributed by atoms with Crippen molar-refractivity contribution in [3.63, 3.8) is 0 Å².